The Balaban J connectivity index is 2.03. The number of ketones is 1. The summed E-state index contributed by atoms with van der Waals surface area (Å²) >= 11 is 11.9. The first-order chi connectivity index (χ1) is 9.58. The third-order valence-corrected chi connectivity index (χ3v) is 3.41. The van der Waals surface area contributed by atoms with Crippen molar-refractivity contribution < 1.29 is 9.53 Å². The highest BCUT2D eigenvalue weighted by Crippen LogP contribution is 2.21. The molecule has 5 heteroatoms. The number of rotatable bonds is 5. The molecule has 0 N–H and O–H groups in total. The number of benzene rings is 1. The molecule has 0 fully saturated rings. The van der Waals surface area contributed by atoms with Gasteiger partial charge in [-0.2, -0.15) is 0 Å². The van der Waals surface area contributed by atoms with Crippen LogP contribution in [0.3, 0.4) is 0 Å². The molecule has 0 unspecified atom stereocenters. The summed E-state index contributed by atoms with van der Waals surface area (Å²) in [5, 5.41) is 1.12. The van der Waals surface area contributed by atoms with Crippen molar-refractivity contribution in [2.75, 3.05) is 7.11 Å². The van der Waals surface area contributed by atoms with Crippen LogP contribution in [0.5, 0.6) is 5.88 Å². The maximum atomic E-state index is 12.0. The minimum absolute atomic E-state index is 0.0566. The lowest BCUT2D eigenvalue weighted by Gasteiger charge is -2.05. The van der Waals surface area contributed by atoms with Gasteiger partial charge in [-0.1, -0.05) is 29.3 Å². The van der Waals surface area contributed by atoms with Crippen molar-refractivity contribution in [2.24, 2.45) is 0 Å². The summed E-state index contributed by atoms with van der Waals surface area (Å²) in [5.41, 5.74) is 1.58. The van der Waals surface area contributed by atoms with Crippen LogP contribution in [0.25, 0.3) is 0 Å². The lowest BCUT2D eigenvalue weighted by atomic mass is 10.0. The quantitative estimate of drug-likeness (QED) is 0.844. The van der Waals surface area contributed by atoms with Crippen LogP contribution in [-0.4, -0.2) is 17.9 Å². The van der Waals surface area contributed by atoms with E-state index < -0.39 is 0 Å². The van der Waals surface area contributed by atoms with Crippen LogP contribution >= 0.6 is 23.2 Å². The van der Waals surface area contributed by atoms with Crippen molar-refractivity contribution >= 4 is 29.0 Å². The maximum absolute atomic E-state index is 12.0. The third-order valence-electron chi connectivity index (χ3n) is 2.80. The Labute approximate surface area is 127 Å². The summed E-state index contributed by atoms with van der Waals surface area (Å²) in [4.78, 5) is 16.1. The summed E-state index contributed by atoms with van der Waals surface area (Å²) in [6.07, 6.45) is 2.20. The Morgan fingerprint density at radius 3 is 2.65 bits per heavy atom. The summed E-state index contributed by atoms with van der Waals surface area (Å²) in [6, 6.07) is 8.67. The smallest absolute Gasteiger partial charge is 0.212 e. The van der Waals surface area contributed by atoms with E-state index in [4.69, 9.17) is 27.9 Å². The number of carbonyl (C=O) groups excluding carboxylic acids is 1. The first-order valence-corrected chi connectivity index (χ1v) is 6.78. The van der Waals surface area contributed by atoms with Gasteiger partial charge in [0.25, 0.3) is 0 Å². The molecule has 2 aromatic rings. The molecule has 104 valence electrons. The number of pyridine rings is 1. The van der Waals surface area contributed by atoms with E-state index >= 15 is 0 Å². The van der Waals surface area contributed by atoms with Gasteiger partial charge in [0.15, 0.2) is 0 Å². The zero-order valence-electron chi connectivity index (χ0n) is 10.9. The number of carbonyl (C=O) groups is 1. The predicted molar refractivity (Wildman–Crippen MR) is 79.7 cm³/mol. The average molecular weight is 310 g/mol. The molecule has 0 radical (unpaired) electrons. The van der Waals surface area contributed by atoms with E-state index in [0.29, 0.717) is 22.3 Å². The normalized spacial score (nSPS) is 10.3. The molecule has 0 bridgehead atoms. The highest BCUT2D eigenvalue weighted by molar-refractivity contribution is 6.33. The van der Waals surface area contributed by atoms with Gasteiger partial charge in [-0.15, -0.1) is 0 Å². The van der Waals surface area contributed by atoms with Crippen LogP contribution < -0.4 is 4.74 Å². The number of halogens is 2. The molecule has 2 rings (SSSR count). The molecule has 0 amide bonds. The number of methoxy groups -OCH3 is 1. The Kier molecular flexibility index (Phi) is 4.99. The molecular formula is C15H13Cl2NO2. The van der Waals surface area contributed by atoms with Gasteiger partial charge < -0.3 is 4.74 Å². The van der Waals surface area contributed by atoms with Gasteiger partial charge in [-0.3, -0.25) is 4.79 Å². The third kappa shape index (κ3) is 3.95. The minimum Gasteiger partial charge on any atom is -0.481 e. The summed E-state index contributed by atoms with van der Waals surface area (Å²) in [7, 11) is 1.55. The molecule has 1 heterocycles. The van der Waals surface area contributed by atoms with Gasteiger partial charge >= 0.3 is 0 Å². The number of aromatic nitrogens is 1. The minimum atomic E-state index is 0.0566. The summed E-state index contributed by atoms with van der Waals surface area (Å²) in [5.74, 6) is 0.584. The average Bonchev–Trinajstić information content (AvgIpc) is 2.43. The zero-order chi connectivity index (χ0) is 14.5. The van der Waals surface area contributed by atoms with Gasteiger partial charge in [0.1, 0.15) is 5.78 Å². The van der Waals surface area contributed by atoms with Gasteiger partial charge in [0, 0.05) is 35.2 Å². The van der Waals surface area contributed by atoms with E-state index in [2.05, 4.69) is 4.98 Å². The highest BCUT2D eigenvalue weighted by Gasteiger charge is 2.09. The van der Waals surface area contributed by atoms with Crippen LogP contribution in [0.15, 0.2) is 36.5 Å². The van der Waals surface area contributed by atoms with Crippen molar-refractivity contribution in [3.8, 4) is 5.88 Å². The number of Topliss-reactive ketones (excluding diaryl/α,β-unsaturated/α-hetero) is 1. The molecule has 20 heavy (non-hydrogen) atoms. The molecule has 0 atom stereocenters. The Morgan fingerprint density at radius 1 is 1.20 bits per heavy atom. The number of ether oxygens (including phenoxy) is 1. The van der Waals surface area contributed by atoms with Gasteiger partial charge in [-0.25, -0.2) is 4.98 Å². The van der Waals surface area contributed by atoms with E-state index in [0.717, 1.165) is 11.1 Å². The van der Waals surface area contributed by atoms with Crippen molar-refractivity contribution in [1.29, 1.82) is 0 Å². The Morgan fingerprint density at radius 2 is 2.00 bits per heavy atom. The second-order valence-corrected chi connectivity index (χ2v) is 5.18. The summed E-state index contributed by atoms with van der Waals surface area (Å²) < 4.78 is 4.97. The van der Waals surface area contributed by atoms with E-state index in [9.17, 15) is 4.79 Å². The van der Waals surface area contributed by atoms with E-state index in [1.807, 2.05) is 6.07 Å². The van der Waals surface area contributed by atoms with Crippen LogP contribution in [-0.2, 0) is 17.6 Å². The molecule has 0 saturated carbocycles. The number of hydrogen-bond acceptors (Lipinski definition) is 3. The van der Waals surface area contributed by atoms with Gasteiger partial charge in [0.2, 0.25) is 5.88 Å². The first-order valence-electron chi connectivity index (χ1n) is 6.03. The number of nitrogens with zero attached hydrogens (tertiary/aromatic N) is 1. The van der Waals surface area contributed by atoms with Crippen LogP contribution in [0, 0.1) is 0 Å². The fourth-order valence-electron chi connectivity index (χ4n) is 1.82. The second-order valence-electron chi connectivity index (χ2n) is 4.34. The highest BCUT2D eigenvalue weighted by atomic mass is 35.5. The fourth-order valence-corrected chi connectivity index (χ4v) is 2.20. The molecule has 0 spiro atoms. The van der Waals surface area contributed by atoms with Crippen LogP contribution in [0.4, 0.5) is 0 Å². The monoisotopic (exact) mass is 309 g/mol. The van der Waals surface area contributed by atoms with Crippen molar-refractivity contribution in [2.45, 2.75) is 12.8 Å². The molecule has 0 saturated heterocycles. The van der Waals surface area contributed by atoms with Crippen molar-refractivity contribution in [3.05, 3.63) is 57.7 Å². The molecule has 1 aromatic carbocycles. The van der Waals surface area contributed by atoms with E-state index in [-0.39, 0.29) is 12.2 Å². The SMILES string of the molecule is COc1ccc(CC(=O)Cc2cc(Cl)ccc2Cl)cn1. The molecule has 0 aliphatic rings. The summed E-state index contributed by atoms with van der Waals surface area (Å²) in [6.45, 7) is 0. The first kappa shape index (κ1) is 14.8. The van der Waals surface area contributed by atoms with Crippen molar-refractivity contribution in [1.82, 2.24) is 4.98 Å². The fraction of sp³-hybridized carbons (Fsp3) is 0.200. The van der Waals surface area contributed by atoms with Gasteiger partial charge in [-0.05, 0) is 29.3 Å². The molecule has 0 aliphatic heterocycles. The van der Waals surface area contributed by atoms with Crippen LogP contribution in [0.1, 0.15) is 11.1 Å². The Bertz CT molecular complexity index is 612. The van der Waals surface area contributed by atoms with E-state index in [1.165, 1.54) is 0 Å². The lowest BCUT2D eigenvalue weighted by Crippen LogP contribution is -2.07. The molecule has 3 nitrogen and oxygen atoms in total. The molecule has 0 aliphatic carbocycles. The predicted octanol–water partition coefficient (Wildman–Crippen LogP) is 3.75. The molecule has 1 aromatic heterocycles. The topological polar surface area (TPSA) is 39.2 Å². The zero-order valence-corrected chi connectivity index (χ0v) is 12.4. The van der Waals surface area contributed by atoms with Crippen molar-refractivity contribution in [3.63, 3.8) is 0 Å². The van der Waals surface area contributed by atoms with Gasteiger partial charge in [0.05, 0.1) is 7.11 Å². The Hall–Kier alpha value is -1.58. The maximum Gasteiger partial charge on any atom is 0.212 e. The lowest BCUT2D eigenvalue weighted by molar-refractivity contribution is -0.117. The number of hydrogen-bond donors (Lipinski definition) is 0. The largest absolute Gasteiger partial charge is 0.481 e. The van der Waals surface area contributed by atoms with Crippen LogP contribution in [0.2, 0.25) is 10.0 Å². The second kappa shape index (κ2) is 6.73. The molecular weight excluding hydrogens is 297 g/mol. The van der Waals surface area contributed by atoms with E-state index in [1.54, 1.807) is 37.6 Å². The standard InChI is InChI=1S/C15H13Cl2NO2/c1-20-15-5-2-10(9-18-15)6-13(19)8-11-7-12(16)3-4-14(11)17/h2-5,7,9H,6,8H2,1H3.